The van der Waals surface area contributed by atoms with Crippen molar-refractivity contribution in [3.8, 4) is 6.07 Å². The van der Waals surface area contributed by atoms with E-state index in [2.05, 4.69) is 16.7 Å². The summed E-state index contributed by atoms with van der Waals surface area (Å²) >= 11 is 0. The van der Waals surface area contributed by atoms with Crippen LogP contribution in [0.25, 0.3) is 0 Å². The number of piperidine rings is 1. The van der Waals surface area contributed by atoms with Crippen molar-refractivity contribution in [2.24, 2.45) is 5.92 Å². The number of amides is 4. The molecular weight excluding hydrogens is 398 g/mol. The number of hydrogen-bond donors (Lipinski definition) is 2. The van der Waals surface area contributed by atoms with Gasteiger partial charge >= 0.3 is 6.03 Å². The van der Waals surface area contributed by atoms with Crippen LogP contribution in [0.3, 0.4) is 0 Å². The van der Waals surface area contributed by atoms with Crippen LogP contribution in [0, 0.1) is 17.2 Å². The van der Waals surface area contributed by atoms with Crippen LogP contribution in [-0.2, 0) is 14.3 Å². The highest BCUT2D eigenvalue weighted by Gasteiger charge is 2.39. The van der Waals surface area contributed by atoms with Gasteiger partial charge in [-0.05, 0) is 12.3 Å². The van der Waals surface area contributed by atoms with Gasteiger partial charge in [0.2, 0.25) is 11.8 Å². The fraction of sp³-hybridized carbons (Fsp3) is 0.818. The van der Waals surface area contributed by atoms with Gasteiger partial charge in [0.05, 0.1) is 19.3 Å². The standard InChI is InChI=1S/C22H35N5O4/c1-17(28)26-9-7-22(16-23,8-10-26)25-20(29)19(15-18-5-3-2-4-6-18)24-21(30)27-11-13-31-14-12-27/h18-19H,2-15H2,1H3,(H,24,30)(H,25,29). The summed E-state index contributed by atoms with van der Waals surface area (Å²) in [5.74, 6) is 0.0721. The van der Waals surface area contributed by atoms with E-state index in [4.69, 9.17) is 4.74 Å². The van der Waals surface area contributed by atoms with E-state index in [0.717, 1.165) is 25.7 Å². The quantitative estimate of drug-likeness (QED) is 0.680. The number of urea groups is 1. The average Bonchev–Trinajstić information content (AvgIpc) is 2.80. The van der Waals surface area contributed by atoms with E-state index >= 15 is 0 Å². The van der Waals surface area contributed by atoms with E-state index in [1.165, 1.54) is 13.3 Å². The van der Waals surface area contributed by atoms with Crippen molar-refractivity contribution < 1.29 is 19.1 Å². The Labute approximate surface area is 184 Å². The monoisotopic (exact) mass is 433 g/mol. The molecule has 0 spiro atoms. The molecule has 2 saturated heterocycles. The first-order valence-corrected chi connectivity index (χ1v) is 11.5. The third kappa shape index (κ3) is 6.33. The highest BCUT2D eigenvalue weighted by molar-refractivity contribution is 5.88. The van der Waals surface area contributed by atoms with Crippen LogP contribution in [0.5, 0.6) is 0 Å². The summed E-state index contributed by atoms with van der Waals surface area (Å²) in [7, 11) is 0. The second-order valence-electron chi connectivity index (χ2n) is 9.03. The molecule has 1 unspecified atom stereocenters. The van der Waals surface area contributed by atoms with E-state index in [9.17, 15) is 19.6 Å². The molecule has 9 nitrogen and oxygen atoms in total. The Bertz CT molecular complexity index is 687. The molecule has 1 aliphatic carbocycles. The largest absolute Gasteiger partial charge is 0.378 e. The first-order valence-electron chi connectivity index (χ1n) is 11.5. The van der Waals surface area contributed by atoms with Crippen molar-refractivity contribution in [1.29, 1.82) is 5.26 Å². The number of hydrogen-bond acceptors (Lipinski definition) is 5. The highest BCUT2D eigenvalue weighted by Crippen LogP contribution is 2.28. The van der Waals surface area contributed by atoms with Gasteiger partial charge in [-0.25, -0.2) is 4.79 Å². The summed E-state index contributed by atoms with van der Waals surface area (Å²) in [5, 5.41) is 15.7. The lowest BCUT2D eigenvalue weighted by atomic mass is 9.84. The van der Waals surface area contributed by atoms with E-state index in [1.807, 2.05) is 0 Å². The number of carbonyl (C=O) groups is 3. The average molecular weight is 434 g/mol. The number of nitrogens with one attached hydrogen (secondary N) is 2. The predicted molar refractivity (Wildman–Crippen MR) is 114 cm³/mol. The highest BCUT2D eigenvalue weighted by atomic mass is 16.5. The molecule has 2 N–H and O–H groups in total. The summed E-state index contributed by atoms with van der Waals surface area (Å²) in [4.78, 5) is 41.1. The zero-order valence-electron chi connectivity index (χ0n) is 18.5. The summed E-state index contributed by atoms with van der Waals surface area (Å²) in [6.07, 6.45) is 7.02. The summed E-state index contributed by atoms with van der Waals surface area (Å²) in [6.45, 7) is 4.40. The van der Waals surface area contributed by atoms with Gasteiger partial charge < -0.3 is 25.2 Å². The van der Waals surface area contributed by atoms with Crippen molar-refractivity contribution in [2.75, 3.05) is 39.4 Å². The molecule has 3 fully saturated rings. The first kappa shape index (κ1) is 23.3. The van der Waals surface area contributed by atoms with Crippen LogP contribution in [-0.4, -0.2) is 78.6 Å². The third-order valence-corrected chi connectivity index (χ3v) is 6.85. The Kier molecular flexibility index (Phi) is 8.13. The van der Waals surface area contributed by atoms with Gasteiger partial charge in [-0.15, -0.1) is 0 Å². The van der Waals surface area contributed by atoms with Gasteiger partial charge in [-0.2, -0.15) is 5.26 Å². The Morgan fingerprint density at radius 1 is 1.06 bits per heavy atom. The topological polar surface area (TPSA) is 115 Å². The molecule has 0 aromatic carbocycles. The molecule has 172 valence electrons. The first-order chi connectivity index (χ1) is 14.9. The minimum Gasteiger partial charge on any atom is -0.378 e. The van der Waals surface area contributed by atoms with Gasteiger partial charge in [-0.1, -0.05) is 32.1 Å². The number of carbonyl (C=O) groups excluding carboxylic acids is 3. The minimum atomic E-state index is -1.00. The normalized spacial score (nSPS) is 22.8. The van der Waals surface area contributed by atoms with Crippen LogP contribution in [0.2, 0.25) is 0 Å². The van der Waals surface area contributed by atoms with E-state index in [-0.39, 0.29) is 17.8 Å². The zero-order chi connectivity index (χ0) is 22.3. The molecular formula is C22H35N5O4. The SMILES string of the molecule is CC(=O)N1CCC(C#N)(NC(=O)C(CC2CCCCC2)NC(=O)N2CCOCC2)CC1. The summed E-state index contributed by atoms with van der Waals surface area (Å²) < 4.78 is 5.31. The van der Waals surface area contributed by atoms with E-state index in [1.54, 1.807) is 9.80 Å². The number of rotatable bonds is 5. The molecule has 0 aromatic heterocycles. The number of likely N-dealkylation sites (tertiary alicyclic amines) is 1. The smallest absolute Gasteiger partial charge is 0.318 e. The number of ether oxygens (including phenoxy) is 1. The number of nitrogens with zero attached hydrogens (tertiary/aromatic N) is 3. The minimum absolute atomic E-state index is 0.0224. The van der Waals surface area contributed by atoms with Crippen LogP contribution in [0.4, 0.5) is 4.79 Å². The van der Waals surface area contributed by atoms with Gasteiger partial charge in [0.25, 0.3) is 0 Å². The molecule has 3 rings (SSSR count). The Morgan fingerprint density at radius 3 is 2.29 bits per heavy atom. The van der Waals surface area contributed by atoms with E-state index < -0.39 is 11.6 Å². The van der Waals surface area contributed by atoms with Crippen LogP contribution >= 0.6 is 0 Å². The van der Waals surface area contributed by atoms with Gasteiger partial charge in [0.15, 0.2) is 0 Å². The molecule has 31 heavy (non-hydrogen) atoms. The van der Waals surface area contributed by atoms with Crippen molar-refractivity contribution in [1.82, 2.24) is 20.4 Å². The summed E-state index contributed by atoms with van der Waals surface area (Å²) in [5.41, 5.74) is -1.00. The molecule has 0 radical (unpaired) electrons. The predicted octanol–water partition coefficient (Wildman–Crippen LogP) is 1.39. The lowest BCUT2D eigenvalue weighted by Crippen LogP contribution is -2.60. The lowest BCUT2D eigenvalue weighted by Gasteiger charge is -2.38. The molecule has 0 bridgehead atoms. The molecule has 3 aliphatic rings. The van der Waals surface area contributed by atoms with Crippen molar-refractivity contribution in [3.05, 3.63) is 0 Å². The Morgan fingerprint density at radius 2 is 1.71 bits per heavy atom. The molecule has 9 heteroatoms. The molecule has 4 amide bonds. The van der Waals surface area contributed by atoms with Crippen LogP contribution in [0.1, 0.15) is 58.3 Å². The fourth-order valence-corrected chi connectivity index (χ4v) is 4.79. The van der Waals surface area contributed by atoms with Crippen molar-refractivity contribution in [3.63, 3.8) is 0 Å². The van der Waals surface area contributed by atoms with Crippen molar-refractivity contribution in [2.45, 2.75) is 69.9 Å². The van der Waals surface area contributed by atoms with Crippen molar-refractivity contribution >= 4 is 17.8 Å². The molecule has 1 atom stereocenters. The van der Waals surface area contributed by atoms with Crippen LogP contribution in [0.15, 0.2) is 0 Å². The molecule has 0 aromatic rings. The van der Waals surface area contributed by atoms with Crippen LogP contribution < -0.4 is 10.6 Å². The maximum atomic E-state index is 13.3. The fourth-order valence-electron chi connectivity index (χ4n) is 4.79. The molecule has 2 aliphatic heterocycles. The second-order valence-corrected chi connectivity index (χ2v) is 9.03. The molecule has 1 saturated carbocycles. The second kappa shape index (κ2) is 10.8. The number of nitriles is 1. The number of morpholine rings is 1. The van der Waals surface area contributed by atoms with E-state index in [0.29, 0.717) is 64.6 Å². The zero-order valence-corrected chi connectivity index (χ0v) is 18.5. The third-order valence-electron chi connectivity index (χ3n) is 6.85. The van der Waals surface area contributed by atoms with Gasteiger partial charge in [0, 0.05) is 45.9 Å². The van der Waals surface area contributed by atoms with Gasteiger partial charge in [-0.3, -0.25) is 9.59 Å². The lowest BCUT2D eigenvalue weighted by molar-refractivity contribution is -0.130. The maximum Gasteiger partial charge on any atom is 0.318 e. The molecule has 2 heterocycles. The Balaban J connectivity index is 1.66. The van der Waals surface area contributed by atoms with Gasteiger partial charge in [0.1, 0.15) is 11.6 Å². The summed E-state index contributed by atoms with van der Waals surface area (Å²) in [6, 6.07) is 1.35. The maximum absolute atomic E-state index is 13.3. The Hall–Kier alpha value is -2.34.